The fraction of sp³-hybridized carbons (Fsp3) is 0.200. The highest BCUT2D eigenvalue weighted by atomic mass is 16.5. The topological polar surface area (TPSA) is 31.6 Å². The summed E-state index contributed by atoms with van der Waals surface area (Å²) < 4.78 is 15.5. The predicted octanol–water partition coefficient (Wildman–Crippen LogP) is 2.45. The molecule has 0 atom stereocenters. The molecule has 13 heavy (non-hydrogen) atoms. The van der Waals surface area contributed by atoms with Gasteiger partial charge in [0, 0.05) is 11.5 Å². The van der Waals surface area contributed by atoms with Crippen molar-refractivity contribution in [3.05, 3.63) is 24.5 Å². The smallest absolute Gasteiger partial charge is 0.164 e. The van der Waals surface area contributed by atoms with Crippen LogP contribution in [0.5, 0.6) is 11.5 Å². The lowest BCUT2D eigenvalue weighted by atomic mass is 10.2. The van der Waals surface area contributed by atoms with Crippen molar-refractivity contribution in [2.45, 2.75) is 0 Å². The van der Waals surface area contributed by atoms with Gasteiger partial charge in [0.2, 0.25) is 0 Å². The number of hydrogen-bond acceptors (Lipinski definition) is 3. The second-order valence-corrected chi connectivity index (χ2v) is 2.67. The maximum absolute atomic E-state index is 5.22. The molecule has 1 heterocycles. The molecule has 0 N–H and O–H groups in total. The SMILES string of the molecule is COc1cc2ccoc2cc1OC. The van der Waals surface area contributed by atoms with E-state index in [4.69, 9.17) is 13.9 Å². The highest BCUT2D eigenvalue weighted by molar-refractivity contribution is 5.81. The van der Waals surface area contributed by atoms with Crippen LogP contribution in [0.2, 0.25) is 0 Å². The zero-order valence-electron chi connectivity index (χ0n) is 7.53. The van der Waals surface area contributed by atoms with Crippen molar-refractivity contribution in [2.75, 3.05) is 14.2 Å². The minimum absolute atomic E-state index is 0.685. The van der Waals surface area contributed by atoms with Gasteiger partial charge in [-0.3, -0.25) is 0 Å². The Morgan fingerprint density at radius 2 is 1.77 bits per heavy atom. The number of rotatable bonds is 2. The second kappa shape index (κ2) is 3.01. The first-order valence-corrected chi connectivity index (χ1v) is 3.94. The summed E-state index contributed by atoms with van der Waals surface area (Å²) in [4.78, 5) is 0. The van der Waals surface area contributed by atoms with E-state index in [9.17, 15) is 0 Å². The highest BCUT2D eigenvalue weighted by Gasteiger charge is 2.06. The molecule has 0 unspecified atom stereocenters. The zero-order valence-corrected chi connectivity index (χ0v) is 7.53. The standard InChI is InChI=1S/C10H10O3/c1-11-9-5-7-3-4-13-8(7)6-10(9)12-2/h3-6H,1-2H3. The summed E-state index contributed by atoms with van der Waals surface area (Å²) in [5.41, 5.74) is 0.803. The van der Waals surface area contributed by atoms with E-state index in [-0.39, 0.29) is 0 Å². The molecule has 1 aromatic heterocycles. The number of furan rings is 1. The number of hydrogen-bond donors (Lipinski definition) is 0. The Hall–Kier alpha value is -1.64. The van der Waals surface area contributed by atoms with Crippen molar-refractivity contribution in [3.63, 3.8) is 0 Å². The van der Waals surface area contributed by atoms with Crippen LogP contribution in [-0.4, -0.2) is 14.2 Å². The van der Waals surface area contributed by atoms with Crippen molar-refractivity contribution in [2.24, 2.45) is 0 Å². The van der Waals surface area contributed by atoms with Crippen LogP contribution in [0.3, 0.4) is 0 Å². The second-order valence-electron chi connectivity index (χ2n) is 2.67. The van der Waals surface area contributed by atoms with E-state index in [1.807, 2.05) is 18.2 Å². The maximum Gasteiger partial charge on any atom is 0.164 e. The molecular weight excluding hydrogens is 168 g/mol. The minimum Gasteiger partial charge on any atom is -0.493 e. The van der Waals surface area contributed by atoms with Crippen molar-refractivity contribution >= 4 is 11.0 Å². The van der Waals surface area contributed by atoms with E-state index < -0.39 is 0 Å². The van der Waals surface area contributed by atoms with Gasteiger partial charge in [-0.15, -0.1) is 0 Å². The molecule has 0 bridgehead atoms. The fourth-order valence-electron chi connectivity index (χ4n) is 1.29. The Balaban J connectivity index is 2.67. The Morgan fingerprint density at radius 1 is 1.08 bits per heavy atom. The van der Waals surface area contributed by atoms with Crippen LogP contribution in [0.1, 0.15) is 0 Å². The lowest BCUT2D eigenvalue weighted by Gasteiger charge is -2.06. The van der Waals surface area contributed by atoms with Crippen LogP contribution in [-0.2, 0) is 0 Å². The average Bonchev–Trinajstić information content (AvgIpc) is 2.62. The maximum atomic E-state index is 5.22. The molecule has 1 aromatic carbocycles. The molecule has 0 fully saturated rings. The normalized spacial score (nSPS) is 10.3. The van der Waals surface area contributed by atoms with Crippen LogP contribution < -0.4 is 9.47 Å². The molecule has 68 valence electrons. The van der Waals surface area contributed by atoms with E-state index in [1.165, 1.54) is 0 Å². The molecule has 3 heteroatoms. The Kier molecular flexibility index (Phi) is 1.85. The Labute approximate surface area is 75.9 Å². The number of ether oxygens (including phenoxy) is 2. The third-order valence-corrected chi connectivity index (χ3v) is 1.96. The molecule has 0 saturated carbocycles. The van der Waals surface area contributed by atoms with Crippen molar-refractivity contribution < 1.29 is 13.9 Å². The molecule has 3 nitrogen and oxygen atoms in total. The fourth-order valence-corrected chi connectivity index (χ4v) is 1.29. The summed E-state index contributed by atoms with van der Waals surface area (Å²) >= 11 is 0. The monoisotopic (exact) mass is 178 g/mol. The molecule has 0 saturated heterocycles. The third-order valence-electron chi connectivity index (χ3n) is 1.96. The molecule has 2 aromatic rings. The quantitative estimate of drug-likeness (QED) is 0.707. The zero-order chi connectivity index (χ0) is 9.26. The largest absolute Gasteiger partial charge is 0.493 e. The lowest BCUT2D eigenvalue weighted by molar-refractivity contribution is 0.355. The third kappa shape index (κ3) is 1.22. The molecule has 0 amide bonds. The summed E-state index contributed by atoms with van der Waals surface area (Å²) in [5, 5.41) is 1.01. The van der Waals surface area contributed by atoms with E-state index >= 15 is 0 Å². The highest BCUT2D eigenvalue weighted by Crippen LogP contribution is 2.32. The first-order valence-electron chi connectivity index (χ1n) is 3.94. The van der Waals surface area contributed by atoms with Gasteiger partial charge in [-0.25, -0.2) is 0 Å². The first-order chi connectivity index (χ1) is 6.35. The van der Waals surface area contributed by atoms with Crippen LogP contribution >= 0.6 is 0 Å². The molecule has 0 radical (unpaired) electrons. The Morgan fingerprint density at radius 3 is 2.46 bits per heavy atom. The van der Waals surface area contributed by atoms with Crippen LogP contribution in [0.25, 0.3) is 11.0 Å². The van der Waals surface area contributed by atoms with Gasteiger partial charge in [0.25, 0.3) is 0 Å². The minimum atomic E-state index is 0.685. The van der Waals surface area contributed by atoms with E-state index in [0.717, 1.165) is 16.7 Å². The summed E-state index contributed by atoms with van der Waals surface area (Å²) in [6.07, 6.45) is 1.64. The van der Waals surface area contributed by atoms with Gasteiger partial charge in [-0.2, -0.15) is 0 Å². The van der Waals surface area contributed by atoms with Gasteiger partial charge in [0.05, 0.1) is 20.5 Å². The molecule has 2 rings (SSSR count). The Bertz CT molecular complexity index is 379. The van der Waals surface area contributed by atoms with Gasteiger partial charge in [0.15, 0.2) is 11.5 Å². The van der Waals surface area contributed by atoms with E-state index in [2.05, 4.69) is 0 Å². The van der Waals surface area contributed by atoms with E-state index in [0.29, 0.717) is 5.75 Å². The van der Waals surface area contributed by atoms with Crippen molar-refractivity contribution in [1.82, 2.24) is 0 Å². The summed E-state index contributed by atoms with van der Waals surface area (Å²) in [7, 11) is 3.22. The summed E-state index contributed by atoms with van der Waals surface area (Å²) in [6, 6.07) is 5.59. The summed E-state index contributed by atoms with van der Waals surface area (Å²) in [6.45, 7) is 0. The van der Waals surface area contributed by atoms with Gasteiger partial charge >= 0.3 is 0 Å². The van der Waals surface area contributed by atoms with Crippen LogP contribution in [0, 0.1) is 0 Å². The summed E-state index contributed by atoms with van der Waals surface area (Å²) in [5.74, 6) is 1.40. The molecular formula is C10H10O3. The van der Waals surface area contributed by atoms with Gasteiger partial charge in [0.1, 0.15) is 5.58 Å². The predicted molar refractivity (Wildman–Crippen MR) is 49.3 cm³/mol. The number of benzene rings is 1. The first kappa shape index (κ1) is 7.98. The van der Waals surface area contributed by atoms with E-state index in [1.54, 1.807) is 20.5 Å². The molecule has 0 aliphatic rings. The molecule has 0 aliphatic heterocycles. The van der Waals surface area contributed by atoms with Crippen molar-refractivity contribution in [1.29, 1.82) is 0 Å². The van der Waals surface area contributed by atoms with Crippen LogP contribution in [0.15, 0.2) is 28.9 Å². The van der Waals surface area contributed by atoms with Crippen molar-refractivity contribution in [3.8, 4) is 11.5 Å². The molecule has 0 aliphatic carbocycles. The lowest BCUT2D eigenvalue weighted by Crippen LogP contribution is -1.89. The number of methoxy groups -OCH3 is 2. The molecule has 0 spiro atoms. The van der Waals surface area contributed by atoms with Crippen LogP contribution in [0.4, 0.5) is 0 Å². The van der Waals surface area contributed by atoms with Gasteiger partial charge in [-0.1, -0.05) is 0 Å². The van der Waals surface area contributed by atoms with Gasteiger partial charge in [-0.05, 0) is 12.1 Å². The number of fused-ring (bicyclic) bond motifs is 1. The van der Waals surface area contributed by atoms with Gasteiger partial charge < -0.3 is 13.9 Å². The average molecular weight is 178 g/mol.